The lowest BCUT2D eigenvalue weighted by atomic mass is 9.92. The molecule has 0 aromatic heterocycles. The minimum absolute atomic E-state index is 0.179. The summed E-state index contributed by atoms with van der Waals surface area (Å²) in [5.74, 6) is 0.346. The third kappa shape index (κ3) is 3.38. The molecule has 18 heavy (non-hydrogen) atoms. The van der Waals surface area contributed by atoms with E-state index in [2.05, 4.69) is 27.3 Å². The van der Waals surface area contributed by atoms with Gasteiger partial charge in [0.2, 0.25) is 0 Å². The van der Waals surface area contributed by atoms with Crippen molar-refractivity contribution < 1.29 is 4.74 Å². The van der Waals surface area contributed by atoms with E-state index in [4.69, 9.17) is 16.3 Å². The number of anilines is 1. The molecule has 1 fully saturated rings. The average molecular weight is 330 g/mol. The molecule has 1 heterocycles. The highest BCUT2D eigenvalue weighted by Gasteiger charge is 2.23. The molecule has 0 saturated carbocycles. The third-order valence-corrected chi connectivity index (χ3v) is 4.33. The first-order valence-corrected chi connectivity index (χ1v) is 7.07. The summed E-state index contributed by atoms with van der Waals surface area (Å²) < 4.78 is 6.15. The molecule has 0 bridgehead atoms. The van der Waals surface area contributed by atoms with Gasteiger partial charge in [-0.15, -0.1) is 0 Å². The van der Waals surface area contributed by atoms with Crippen molar-refractivity contribution in [2.45, 2.75) is 18.9 Å². The van der Waals surface area contributed by atoms with Crippen molar-refractivity contribution >= 4 is 33.2 Å². The first kappa shape index (κ1) is 13.7. The van der Waals surface area contributed by atoms with E-state index in [1.807, 2.05) is 18.2 Å². The number of benzene rings is 1. The highest BCUT2D eigenvalue weighted by atomic mass is 79.9. The Morgan fingerprint density at radius 2 is 2.17 bits per heavy atom. The molecule has 1 saturated heterocycles. The summed E-state index contributed by atoms with van der Waals surface area (Å²) in [6, 6.07) is 7.75. The molecule has 3 nitrogen and oxygen atoms in total. The molecule has 96 valence electrons. The van der Waals surface area contributed by atoms with Gasteiger partial charge in [-0.3, -0.25) is 0 Å². The van der Waals surface area contributed by atoms with Gasteiger partial charge in [0, 0.05) is 23.4 Å². The van der Waals surface area contributed by atoms with Crippen molar-refractivity contribution in [3.8, 4) is 6.07 Å². The maximum absolute atomic E-state index is 9.27. The largest absolute Gasteiger partial charge is 0.381 e. The number of nitrogens with zero attached hydrogens (tertiary/aromatic N) is 1. The predicted molar refractivity (Wildman–Crippen MR) is 75.7 cm³/mol. The Morgan fingerprint density at radius 3 is 2.78 bits per heavy atom. The summed E-state index contributed by atoms with van der Waals surface area (Å²) in [6.45, 7) is 1.49. The lowest BCUT2D eigenvalue weighted by Crippen LogP contribution is -2.32. The van der Waals surface area contributed by atoms with Gasteiger partial charge in [0.25, 0.3) is 0 Å². The fraction of sp³-hybridized carbons (Fsp3) is 0.462. The van der Waals surface area contributed by atoms with Gasteiger partial charge in [-0.1, -0.05) is 11.6 Å². The van der Waals surface area contributed by atoms with Crippen LogP contribution in [0.15, 0.2) is 22.7 Å². The highest BCUT2D eigenvalue weighted by molar-refractivity contribution is 9.10. The molecule has 1 aromatic carbocycles. The van der Waals surface area contributed by atoms with Crippen molar-refractivity contribution in [1.82, 2.24) is 0 Å². The Morgan fingerprint density at radius 1 is 1.44 bits per heavy atom. The minimum atomic E-state index is -0.179. The van der Waals surface area contributed by atoms with Gasteiger partial charge in [0.15, 0.2) is 0 Å². The number of nitriles is 1. The van der Waals surface area contributed by atoms with Crippen LogP contribution in [0, 0.1) is 17.2 Å². The van der Waals surface area contributed by atoms with Crippen molar-refractivity contribution in [1.29, 1.82) is 5.26 Å². The summed E-state index contributed by atoms with van der Waals surface area (Å²) in [4.78, 5) is 0. The van der Waals surface area contributed by atoms with Crippen LogP contribution < -0.4 is 5.32 Å². The zero-order chi connectivity index (χ0) is 13.0. The minimum Gasteiger partial charge on any atom is -0.381 e. The van der Waals surface area contributed by atoms with Crippen molar-refractivity contribution in [3.63, 3.8) is 0 Å². The van der Waals surface area contributed by atoms with Crippen LogP contribution in [0.4, 0.5) is 5.69 Å². The first-order chi connectivity index (χ1) is 8.70. The fourth-order valence-corrected chi connectivity index (χ4v) is 2.57. The number of hydrogen-bond donors (Lipinski definition) is 1. The molecule has 1 aliphatic heterocycles. The van der Waals surface area contributed by atoms with Gasteiger partial charge in [-0.05, 0) is 52.9 Å². The molecule has 0 amide bonds. The SMILES string of the molecule is N#CC(Nc1ccc(Cl)c(Br)c1)C1CCOCC1. The quantitative estimate of drug-likeness (QED) is 0.916. The summed E-state index contributed by atoms with van der Waals surface area (Å²) in [5, 5.41) is 13.2. The topological polar surface area (TPSA) is 45.0 Å². The zero-order valence-electron chi connectivity index (χ0n) is 9.83. The number of halogens is 2. The Hall–Kier alpha value is -0.760. The second-order valence-corrected chi connectivity index (χ2v) is 5.59. The Kier molecular flexibility index (Phi) is 4.87. The number of nitrogens with one attached hydrogen (secondary N) is 1. The summed E-state index contributed by atoms with van der Waals surface area (Å²) in [6.07, 6.45) is 1.86. The van der Waals surface area contributed by atoms with Crippen molar-refractivity contribution in [2.75, 3.05) is 18.5 Å². The fourth-order valence-electron chi connectivity index (χ4n) is 2.07. The van der Waals surface area contributed by atoms with E-state index in [0.29, 0.717) is 10.9 Å². The molecule has 5 heteroatoms. The van der Waals surface area contributed by atoms with Crippen LogP contribution in [0.5, 0.6) is 0 Å². The predicted octanol–water partition coefficient (Wildman–Crippen LogP) is 3.83. The van der Waals surface area contributed by atoms with Gasteiger partial charge in [0.05, 0.1) is 11.1 Å². The van der Waals surface area contributed by atoms with E-state index in [0.717, 1.165) is 36.2 Å². The van der Waals surface area contributed by atoms with Crippen LogP contribution in [-0.2, 0) is 4.74 Å². The lowest BCUT2D eigenvalue weighted by molar-refractivity contribution is 0.0651. The smallest absolute Gasteiger partial charge is 0.117 e. The molecule has 0 radical (unpaired) electrons. The molecule has 1 atom stereocenters. The van der Waals surface area contributed by atoms with Gasteiger partial charge in [-0.25, -0.2) is 0 Å². The van der Waals surface area contributed by atoms with Crippen molar-refractivity contribution in [2.24, 2.45) is 5.92 Å². The van der Waals surface area contributed by atoms with E-state index in [1.165, 1.54) is 0 Å². The molecule has 1 N–H and O–H groups in total. The van der Waals surface area contributed by atoms with Crippen molar-refractivity contribution in [3.05, 3.63) is 27.7 Å². The Labute approximate surface area is 120 Å². The maximum Gasteiger partial charge on any atom is 0.117 e. The zero-order valence-corrected chi connectivity index (χ0v) is 12.2. The Balaban J connectivity index is 2.05. The van der Waals surface area contributed by atoms with Gasteiger partial charge < -0.3 is 10.1 Å². The normalized spacial score (nSPS) is 18.1. The van der Waals surface area contributed by atoms with Crippen LogP contribution in [-0.4, -0.2) is 19.3 Å². The molecule has 1 unspecified atom stereocenters. The van der Waals surface area contributed by atoms with Crippen LogP contribution in [0.25, 0.3) is 0 Å². The van der Waals surface area contributed by atoms with Gasteiger partial charge >= 0.3 is 0 Å². The second-order valence-electron chi connectivity index (χ2n) is 4.33. The molecule has 0 aliphatic carbocycles. The number of rotatable bonds is 3. The van der Waals surface area contributed by atoms with E-state index in [9.17, 15) is 5.26 Å². The lowest BCUT2D eigenvalue weighted by Gasteiger charge is -2.27. The summed E-state index contributed by atoms with van der Waals surface area (Å²) in [7, 11) is 0. The molecular formula is C13H14BrClN2O. The van der Waals surface area contributed by atoms with Gasteiger partial charge in [0.1, 0.15) is 6.04 Å². The monoisotopic (exact) mass is 328 g/mol. The first-order valence-electron chi connectivity index (χ1n) is 5.89. The summed E-state index contributed by atoms with van der Waals surface area (Å²) >= 11 is 9.32. The number of ether oxygens (including phenoxy) is 1. The molecule has 1 aromatic rings. The van der Waals surface area contributed by atoms with E-state index in [-0.39, 0.29) is 6.04 Å². The highest BCUT2D eigenvalue weighted by Crippen LogP contribution is 2.27. The average Bonchev–Trinajstić information content (AvgIpc) is 2.41. The van der Waals surface area contributed by atoms with Crippen LogP contribution in [0.3, 0.4) is 0 Å². The molecular weight excluding hydrogens is 316 g/mol. The van der Waals surface area contributed by atoms with E-state index >= 15 is 0 Å². The Bertz CT molecular complexity index is 455. The van der Waals surface area contributed by atoms with Crippen LogP contribution in [0.2, 0.25) is 5.02 Å². The maximum atomic E-state index is 9.27. The number of hydrogen-bond acceptors (Lipinski definition) is 3. The van der Waals surface area contributed by atoms with E-state index < -0.39 is 0 Å². The van der Waals surface area contributed by atoms with Crippen LogP contribution in [0.1, 0.15) is 12.8 Å². The standard InChI is InChI=1S/C13H14BrClN2O/c14-11-7-10(1-2-12(11)15)17-13(8-16)9-3-5-18-6-4-9/h1-2,7,9,13,17H,3-6H2. The van der Waals surface area contributed by atoms with Gasteiger partial charge in [-0.2, -0.15) is 5.26 Å². The summed E-state index contributed by atoms with van der Waals surface area (Å²) in [5.41, 5.74) is 0.907. The van der Waals surface area contributed by atoms with E-state index in [1.54, 1.807) is 0 Å². The molecule has 0 spiro atoms. The molecule has 1 aliphatic rings. The molecule has 2 rings (SSSR count). The van der Waals surface area contributed by atoms with Crippen LogP contribution >= 0.6 is 27.5 Å². The third-order valence-electron chi connectivity index (χ3n) is 3.12. The second kappa shape index (κ2) is 6.42.